The fourth-order valence-corrected chi connectivity index (χ4v) is 3.29. The van der Waals surface area contributed by atoms with Gasteiger partial charge >= 0.3 is 6.18 Å². The number of rotatable bonds is 4. The van der Waals surface area contributed by atoms with E-state index in [4.69, 9.17) is 5.73 Å². The van der Waals surface area contributed by atoms with Crippen LogP contribution in [0.3, 0.4) is 0 Å². The molecule has 0 bridgehead atoms. The molecular formula is C14H23F3N4. The Balaban J connectivity index is 2.10. The van der Waals surface area contributed by atoms with Gasteiger partial charge in [-0.3, -0.25) is 0 Å². The fraction of sp³-hybridized carbons (Fsp3) is 0.857. The normalized spacial score (nSPS) is 25.3. The molecule has 3 atom stereocenters. The highest BCUT2D eigenvalue weighted by molar-refractivity contribution is 4.95. The Morgan fingerprint density at radius 2 is 2.00 bits per heavy atom. The van der Waals surface area contributed by atoms with E-state index in [1.54, 1.807) is 4.68 Å². The van der Waals surface area contributed by atoms with Crippen LogP contribution in [0.1, 0.15) is 51.4 Å². The molecule has 1 saturated carbocycles. The molecule has 120 valence electrons. The zero-order chi connectivity index (χ0) is 15.6. The number of hydrogen-bond acceptors (Lipinski definition) is 3. The van der Waals surface area contributed by atoms with Crippen LogP contribution in [-0.2, 0) is 6.42 Å². The predicted octanol–water partition coefficient (Wildman–Crippen LogP) is 3.10. The van der Waals surface area contributed by atoms with E-state index >= 15 is 0 Å². The maximum Gasteiger partial charge on any atom is 0.392 e. The van der Waals surface area contributed by atoms with Crippen LogP contribution >= 0.6 is 0 Å². The third kappa shape index (κ3) is 3.75. The SMILES string of the molecule is CC(C)n1ncnc1CC(N)C1CCCCC1C(F)(F)F. The molecule has 1 fully saturated rings. The first kappa shape index (κ1) is 16.3. The molecule has 0 radical (unpaired) electrons. The Bertz CT molecular complexity index is 455. The van der Waals surface area contributed by atoms with Crippen molar-refractivity contribution in [3.05, 3.63) is 12.2 Å². The van der Waals surface area contributed by atoms with Crippen molar-refractivity contribution in [1.29, 1.82) is 0 Å². The van der Waals surface area contributed by atoms with Crippen LogP contribution in [0.2, 0.25) is 0 Å². The first-order valence-electron chi connectivity index (χ1n) is 7.51. The summed E-state index contributed by atoms with van der Waals surface area (Å²) in [5, 5.41) is 4.11. The molecule has 2 N–H and O–H groups in total. The van der Waals surface area contributed by atoms with Crippen LogP contribution in [-0.4, -0.2) is 27.0 Å². The highest BCUT2D eigenvalue weighted by Gasteiger charge is 2.47. The lowest BCUT2D eigenvalue weighted by molar-refractivity contribution is -0.198. The third-order valence-electron chi connectivity index (χ3n) is 4.34. The number of alkyl halides is 3. The molecule has 2 rings (SSSR count). The maximum absolute atomic E-state index is 13.1. The maximum atomic E-state index is 13.1. The molecule has 1 heterocycles. The van der Waals surface area contributed by atoms with Gasteiger partial charge in [-0.2, -0.15) is 18.3 Å². The van der Waals surface area contributed by atoms with Crippen LogP contribution in [0, 0.1) is 11.8 Å². The second-order valence-corrected chi connectivity index (χ2v) is 6.18. The molecule has 3 unspecified atom stereocenters. The minimum Gasteiger partial charge on any atom is -0.327 e. The summed E-state index contributed by atoms with van der Waals surface area (Å²) in [6.45, 7) is 3.92. The molecule has 4 nitrogen and oxygen atoms in total. The molecule has 1 aromatic rings. The number of aromatic nitrogens is 3. The molecule has 7 heteroatoms. The Morgan fingerprint density at radius 1 is 1.33 bits per heavy atom. The summed E-state index contributed by atoms with van der Waals surface area (Å²) < 4.78 is 41.2. The van der Waals surface area contributed by atoms with Crippen molar-refractivity contribution in [3.8, 4) is 0 Å². The molecule has 0 aliphatic heterocycles. The minimum absolute atomic E-state index is 0.125. The van der Waals surface area contributed by atoms with Gasteiger partial charge in [0.05, 0.1) is 5.92 Å². The van der Waals surface area contributed by atoms with E-state index in [1.165, 1.54) is 6.33 Å². The molecule has 0 aromatic carbocycles. The third-order valence-corrected chi connectivity index (χ3v) is 4.34. The van der Waals surface area contributed by atoms with E-state index in [0.29, 0.717) is 25.1 Å². The quantitative estimate of drug-likeness (QED) is 0.930. The van der Waals surface area contributed by atoms with Gasteiger partial charge in [-0.15, -0.1) is 0 Å². The lowest BCUT2D eigenvalue weighted by atomic mass is 9.74. The average Bonchev–Trinajstić information content (AvgIpc) is 2.86. The summed E-state index contributed by atoms with van der Waals surface area (Å²) in [5.41, 5.74) is 6.11. The summed E-state index contributed by atoms with van der Waals surface area (Å²) in [7, 11) is 0. The minimum atomic E-state index is -4.16. The van der Waals surface area contributed by atoms with E-state index in [9.17, 15) is 13.2 Å². The van der Waals surface area contributed by atoms with Crippen LogP contribution < -0.4 is 5.73 Å². The molecular weight excluding hydrogens is 281 g/mol. The van der Waals surface area contributed by atoms with Crippen molar-refractivity contribution >= 4 is 0 Å². The standard InChI is InChI=1S/C14H23F3N4/c1-9(2)21-13(19-8-20-21)7-12(18)10-5-3-4-6-11(10)14(15,16)17/h8-12H,3-7,18H2,1-2H3. The highest BCUT2D eigenvalue weighted by Crippen LogP contribution is 2.42. The first-order valence-corrected chi connectivity index (χ1v) is 7.51. The summed E-state index contributed by atoms with van der Waals surface area (Å²) in [5.74, 6) is -1.13. The lowest BCUT2D eigenvalue weighted by Gasteiger charge is -2.36. The van der Waals surface area contributed by atoms with Crippen molar-refractivity contribution in [1.82, 2.24) is 14.8 Å². The van der Waals surface area contributed by atoms with Crippen molar-refractivity contribution < 1.29 is 13.2 Å². The molecule has 0 saturated heterocycles. The largest absolute Gasteiger partial charge is 0.392 e. The Labute approximate surface area is 122 Å². The number of halogens is 3. The molecule has 0 amide bonds. The van der Waals surface area contributed by atoms with E-state index in [2.05, 4.69) is 10.1 Å². The predicted molar refractivity (Wildman–Crippen MR) is 73.6 cm³/mol. The van der Waals surface area contributed by atoms with Crippen molar-refractivity contribution in [2.75, 3.05) is 0 Å². The van der Waals surface area contributed by atoms with Gasteiger partial charge in [0.25, 0.3) is 0 Å². The molecule has 1 aliphatic carbocycles. The van der Waals surface area contributed by atoms with Gasteiger partial charge in [-0.25, -0.2) is 9.67 Å². The van der Waals surface area contributed by atoms with E-state index in [1.807, 2.05) is 13.8 Å². The smallest absolute Gasteiger partial charge is 0.327 e. The lowest BCUT2D eigenvalue weighted by Crippen LogP contribution is -2.44. The van der Waals surface area contributed by atoms with Crippen molar-refractivity contribution in [2.24, 2.45) is 17.6 Å². The van der Waals surface area contributed by atoms with Gasteiger partial charge in [0.15, 0.2) is 0 Å². The van der Waals surface area contributed by atoms with E-state index < -0.39 is 24.1 Å². The number of nitrogens with zero attached hydrogens (tertiary/aromatic N) is 3. The first-order chi connectivity index (χ1) is 9.80. The molecule has 1 aromatic heterocycles. The van der Waals surface area contributed by atoms with Gasteiger partial charge in [-0.05, 0) is 32.6 Å². The number of hydrogen-bond donors (Lipinski definition) is 1. The summed E-state index contributed by atoms with van der Waals surface area (Å²) in [6, 6.07) is -0.405. The topological polar surface area (TPSA) is 56.7 Å². The monoisotopic (exact) mass is 304 g/mol. The second-order valence-electron chi connectivity index (χ2n) is 6.18. The Kier molecular flexibility index (Phi) is 4.91. The second kappa shape index (κ2) is 6.34. The molecule has 0 spiro atoms. The summed E-state index contributed by atoms with van der Waals surface area (Å²) in [4.78, 5) is 4.15. The highest BCUT2D eigenvalue weighted by atomic mass is 19.4. The fourth-order valence-electron chi connectivity index (χ4n) is 3.29. The van der Waals surface area contributed by atoms with Gasteiger partial charge < -0.3 is 5.73 Å². The van der Waals surface area contributed by atoms with Gasteiger partial charge in [-0.1, -0.05) is 12.8 Å². The zero-order valence-corrected chi connectivity index (χ0v) is 12.5. The average molecular weight is 304 g/mol. The van der Waals surface area contributed by atoms with E-state index in [0.717, 1.165) is 6.42 Å². The molecule has 21 heavy (non-hydrogen) atoms. The number of nitrogens with two attached hydrogens (primary N) is 1. The summed E-state index contributed by atoms with van der Waals surface area (Å²) >= 11 is 0. The Hall–Kier alpha value is -1.11. The Morgan fingerprint density at radius 3 is 2.62 bits per heavy atom. The van der Waals surface area contributed by atoms with Crippen molar-refractivity contribution in [3.63, 3.8) is 0 Å². The molecule has 1 aliphatic rings. The van der Waals surface area contributed by atoms with Crippen LogP contribution in [0.15, 0.2) is 6.33 Å². The van der Waals surface area contributed by atoms with Crippen molar-refractivity contribution in [2.45, 2.75) is 64.2 Å². The van der Waals surface area contributed by atoms with Crippen LogP contribution in [0.25, 0.3) is 0 Å². The van der Waals surface area contributed by atoms with Gasteiger partial charge in [0.2, 0.25) is 0 Å². The summed E-state index contributed by atoms with van der Waals surface area (Å²) in [6.07, 6.45) is -0.189. The van der Waals surface area contributed by atoms with E-state index in [-0.39, 0.29) is 12.5 Å². The van der Waals surface area contributed by atoms with Crippen LogP contribution in [0.4, 0.5) is 13.2 Å². The zero-order valence-electron chi connectivity index (χ0n) is 12.5. The van der Waals surface area contributed by atoms with Gasteiger partial charge in [0, 0.05) is 18.5 Å². The van der Waals surface area contributed by atoms with Gasteiger partial charge in [0.1, 0.15) is 12.2 Å². The van der Waals surface area contributed by atoms with Crippen LogP contribution in [0.5, 0.6) is 0 Å².